The van der Waals surface area contributed by atoms with Crippen molar-refractivity contribution in [3.05, 3.63) is 30.3 Å². The highest BCUT2D eigenvalue weighted by molar-refractivity contribution is 5.63. The predicted molar refractivity (Wildman–Crippen MR) is 64.2 cm³/mol. The average molecular weight is 217 g/mol. The summed E-state index contributed by atoms with van der Waals surface area (Å²) in [6.45, 7) is 2.62. The van der Waals surface area contributed by atoms with Crippen LogP contribution in [0, 0.1) is 0 Å². The van der Waals surface area contributed by atoms with Gasteiger partial charge in [0.15, 0.2) is 0 Å². The van der Waals surface area contributed by atoms with Gasteiger partial charge in [0.1, 0.15) is 11.6 Å². The Balaban J connectivity index is 2.36. The van der Waals surface area contributed by atoms with Crippen molar-refractivity contribution in [2.24, 2.45) is 7.05 Å². The first-order chi connectivity index (χ1) is 7.70. The molecular weight excluding hydrogens is 202 g/mol. The van der Waals surface area contributed by atoms with Crippen LogP contribution in [0.5, 0.6) is 5.75 Å². The molecule has 0 saturated carbocycles. The number of nitrogens with zero attached hydrogens (tertiary/aromatic N) is 2. The number of anilines is 1. The van der Waals surface area contributed by atoms with Crippen molar-refractivity contribution < 1.29 is 4.74 Å². The number of hydrogen-bond donors (Lipinski definition) is 1. The normalized spacial score (nSPS) is 10.4. The van der Waals surface area contributed by atoms with Gasteiger partial charge in [-0.25, -0.2) is 0 Å². The minimum absolute atomic E-state index is 0.650. The second kappa shape index (κ2) is 4.26. The summed E-state index contributed by atoms with van der Waals surface area (Å²) in [5, 5.41) is 4.32. The zero-order valence-electron chi connectivity index (χ0n) is 9.47. The van der Waals surface area contributed by atoms with E-state index in [-0.39, 0.29) is 0 Å². The fraction of sp³-hybridized carbons (Fsp3) is 0.250. The fourth-order valence-electron chi connectivity index (χ4n) is 1.53. The molecule has 0 aliphatic rings. The molecular formula is C12H15N3O. The zero-order chi connectivity index (χ0) is 11.5. The van der Waals surface area contributed by atoms with E-state index >= 15 is 0 Å². The van der Waals surface area contributed by atoms with Gasteiger partial charge >= 0.3 is 0 Å². The maximum atomic E-state index is 5.74. The van der Waals surface area contributed by atoms with Crippen LogP contribution in [0.3, 0.4) is 0 Å². The number of hydrogen-bond acceptors (Lipinski definition) is 3. The van der Waals surface area contributed by atoms with Gasteiger partial charge in [0.05, 0.1) is 12.3 Å². The van der Waals surface area contributed by atoms with Gasteiger partial charge in [0, 0.05) is 18.7 Å². The summed E-state index contributed by atoms with van der Waals surface area (Å²) in [6.07, 6.45) is 0. The molecule has 1 aromatic carbocycles. The highest BCUT2D eigenvalue weighted by Crippen LogP contribution is 2.23. The van der Waals surface area contributed by atoms with Crippen molar-refractivity contribution in [3.8, 4) is 17.0 Å². The lowest BCUT2D eigenvalue weighted by atomic mass is 10.1. The van der Waals surface area contributed by atoms with Crippen LogP contribution < -0.4 is 10.5 Å². The van der Waals surface area contributed by atoms with Crippen LogP contribution in [-0.2, 0) is 7.05 Å². The molecule has 0 unspecified atom stereocenters. The van der Waals surface area contributed by atoms with Gasteiger partial charge in [-0.05, 0) is 19.1 Å². The fourth-order valence-corrected chi connectivity index (χ4v) is 1.53. The van der Waals surface area contributed by atoms with Gasteiger partial charge in [0.25, 0.3) is 0 Å². The molecule has 4 heteroatoms. The molecule has 84 valence electrons. The third-order valence-corrected chi connectivity index (χ3v) is 2.36. The van der Waals surface area contributed by atoms with E-state index in [4.69, 9.17) is 10.5 Å². The van der Waals surface area contributed by atoms with Gasteiger partial charge < -0.3 is 10.5 Å². The Labute approximate surface area is 94.6 Å². The number of aryl methyl sites for hydroxylation is 1. The summed E-state index contributed by atoms with van der Waals surface area (Å²) in [7, 11) is 1.82. The molecule has 2 rings (SSSR count). The number of rotatable bonds is 3. The molecule has 4 nitrogen and oxygen atoms in total. The van der Waals surface area contributed by atoms with E-state index in [1.165, 1.54) is 0 Å². The SMILES string of the molecule is CCOc1cccc(-c2cc(N)n(C)n2)c1. The lowest BCUT2D eigenvalue weighted by molar-refractivity contribution is 0.340. The molecule has 2 aromatic rings. The molecule has 0 aliphatic carbocycles. The Kier molecular flexibility index (Phi) is 2.81. The Morgan fingerprint density at radius 3 is 2.81 bits per heavy atom. The Morgan fingerprint density at radius 1 is 1.38 bits per heavy atom. The van der Waals surface area contributed by atoms with Crippen LogP contribution in [0.25, 0.3) is 11.3 Å². The smallest absolute Gasteiger partial charge is 0.121 e. The van der Waals surface area contributed by atoms with Crippen molar-refractivity contribution in [1.82, 2.24) is 9.78 Å². The van der Waals surface area contributed by atoms with E-state index < -0.39 is 0 Å². The van der Waals surface area contributed by atoms with E-state index in [0.29, 0.717) is 12.4 Å². The molecule has 1 aromatic heterocycles. The summed E-state index contributed by atoms with van der Waals surface area (Å²) >= 11 is 0. The summed E-state index contributed by atoms with van der Waals surface area (Å²) < 4.78 is 7.09. The second-order valence-corrected chi connectivity index (χ2v) is 3.54. The number of nitrogens with two attached hydrogens (primary N) is 1. The molecule has 0 saturated heterocycles. The Morgan fingerprint density at radius 2 is 2.19 bits per heavy atom. The van der Waals surface area contributed by atoms with Crippen LogP contribution >= 0.6 is 0 Å². The first kappa shape index (κ1) is 10.5. The predicted octanol–water partition coefficient (Wildman–Crippen LogP) is 2.07. The van der Waals surface area contributed by atoms with E-state index in [1.54, 1.807) is 4.68 Å². The first-order valence-electron chi connectivity index (χ1n) is 5.23. The van der Waals surface area contributed by atoms with Crippen LogP contribution in [0.4, 0.5) is 5.82 Å². The number of benzene rings is 1. The third-order valence-electron chi connectivity index (χ3n) is 2.36. The topological polar surface area (TPSA) is 53.1 Å². The maximum Gasteiger partial charge on any atom is 0.121 e. The van der Waals surface area contributed by atoms with Gasteiger partial charge in [-0.2, -0.15) is 5.10 Å². The lowest BCUT2D eigenvalue weighted by Crippen LogP contribution is -1.96. The summed E-state index contributed by atoms with van der Waals surface area (Å²) in [5.41, 5.74) is 7.62. The average Bonchev–Trinajstić information content (AvgIpc) is 2.60. The van der Waals surface area contributed by atoms with Crippen LogP contribution in [0.1, 0.15) is 6.92 Å². The molecule has 0 radical (unpaired) electrons. The van der Waals surface area contributed by atoms with E-state index in [1.807, 2.05) is 44.3 Å². The van der Waals surface area contributed by atoms with E-state index in [2.05, 4.69) is 5.10 Å². The number of nitrogen functional groups attached to an aromatic ring is 1. The van der Waals surface area contributed by atoms with Crippen LogP contribution in [0.15, 0.2) is 30.3 Å². The van der Waals surface area contributed by atoms with Crippen molar-refractivity contribution in [2.45, 2.75) is 6.92 Å². The van der Waals surface area contributed by atoms with Crippen LogP contribution in [0.2, 0.25) is 0 Å². The van der Waals surface area contributed by atoms with Gasteiger partial charge in [-0.3, -0.25) is 4.68 Å². The monoisotopic (exact) mass is 217 g/mol. The minimum atomic E-state index is 0.650. The van der Waals surface area contributed by atoms with Crippen molar-refractivity contribution in [1.29, 1.82) is 0 Å². The van der Waals surface area contributed by atoms with E-state index in [0.717, 1.165) is 17.0 Å². The molecule has 2 N–H and O–H groups in total. The molecule has 0 fully saturated rings. The summed E-state index contributed by atoms with van der Waals surface area (Å²) in [4.78, 5) is 0. The molecule has 0 bridgehead atoms. The van der Waals surface area contributed by atoms with Crippen molar-refractivity contribution in [2.75, 3.05) is 12.3 Å². The Hall–Kier alpha value is -1.97. The molecule has 1 heterocycles. The summed E-state index contributed by atoms with van der Waals surface area (Å²) in [5.74, 6) is 1.50. The number of ether oxygens (including phenoxy) is 1. The lowest BCUT2D eigenvalue weighted by Gasteiger charge is -2.03. The van der Waals surface area contributed by atoms with Crippen molar-refractivity contribution in [3.63, 3.8) is 0 Å². The largest absolute Gasteiger partial charge is 0.494 e. The quantitative estimate of drug-likeness (QED) is 0.856. The minimum Gasteiger partial charge on any atom is -0.494 e. The highest BCUT2D eigenvalue weighted by Gasteiger charge is 2.05. The zero-order valence-corrected chi connectivity index (χ0v) is 9.47. The second-order valence-electron chi connectivity index (χ2n) is 3.54. The van der Waals surface area contributed by atoms with Crippen molar-refractivity contribution >= 4 is 5.82 Å². The highest BCUT2D eigenvalue weighted by atomic mass is 16.5. The molecule has 16 heavy (non-hydrogen) atoms. The van der Waals surface area contributed by atoms with Gasteiger partial charge in [-0.15, -0.1) is 0 Å². The maximum absolute atomic E-state index is 5.74. The summed E-state index contributed by atoms with van der Waals surface area (Å²) in [6, 6.07) is 9.69. The molecule has 0 amide bonds. The molecule has 0 spiro atoms. The molecule has 0 atom stereocenters. The Bertz CT molecular complexity index is 471. The first-order valence-corrected chi connectivity index (χ1v) is 5.23. The van der Waals surface area contributed by atoms with E-state index in [9.17, 15) is 0 Å². The van der Waals surface area contributed by atoms with Crippen LogP contribution in [-0.4, -0.2) is 16.4 Å². The standard InChI is InChI=1S/C12H15N3O/c1-3-16-10-6-4-5-9(7-10)11-8-12(13)15(2)14-11/h4-8H,3,13H2,1-2H3. The van der Waals surface area contributed by atoms with Gasteiger partial charge in [-0.1, -0.05) is 12.1 Å². The number of aromatic nitrogens is 2. The van der Waals surface area contributed by atoms with Gasteiger partial charge in [0.2, 0.25) is 0 Å². The molecule has 0 aliphatic heterocycles. The third kappa shape index (κ3) is 2.00.